The Hall–Kier alpha value is -1.57. The van der Waals surface area contributed by atoms with E-state index in [1.807, 2.05) is 23.1 Å². The molecule has 0 fully saturated rings. The van der Waals surface area contributed by atoms with Gasteiger partial charge in [-0.15, -0.1) is 11.3 Å². The summed E-state index contributed by atoms with van der Waals surface area (Å²) in [5.74, 6) is 0. The number of fused-ring (bicyclic) bond motifs is 4. The molecule has 3 heterocycles. The number of benzene rings is 2. The highest BCUT2D eigenvalue weighted by Gasteiger charge is 2.26. The quantitative estimate of drug-likeness (QED) is 0.299. The molecule has 0 spiro atoms. The number of aryl methyl sites for hydroxylation is 2. The molecule has 0 aliphatic carbocycles. The summed E-state index contributed by atoms with van der Waals surface area (Å²) in [7, 11) is 2.18. The van der Waals surface area contributed by atoms with Gasteiger partial charge in [-0.3, -0.25) is 0 Å². The second kappa shape index (κ2) is 7.69. The van der Waals surface area contributed by atoms with Gasteiger partial charge in [0.15, 0.2) is 0 Å². The summed E-state index contributed by atoms with van der Waals surface area (Å²) >= 11 is 3.67. The lowest BCUT2D eigenvalue weighted by Gasteiger charge is -2.14. The Kier molecular flexibility index (Phi) is 5.42. The van der Waals surface area contributed by atoms with E-state index in [0.717, 1.165) is 6.54 Å². The van der Waals surface area contributed by atoms with Crippen molar-refractivity contribution in [1.82, 2.24) is 0 Å². The van der Waals surface area contributed by atoms with Crippen molar-refractivity contribution in [2.24, 2.45) is 0 Å². The van der Waals surface area contributed by atoms with Gasteiger partial charge in [0, 0.05) is 45.6 Å². The number of thioether (sulfide) groups is 1. The first-order valence-corrected chi connectivity index (χ1v) is 10.9. The molecule has 142 valence electrons. The summed E-state index contributed by atoms with van der Waals surface area (Å²) in [4.78, 5) is 3.68. The van der Waals surface area contributed by atoms with E-state index in [0.29, 0.717) is 0 Å². The molecule has 5 rings (SSSR count). The Bertz CT molecular complexity index is 1230. The predicted molar refractivity (Wildman–Crippen MR) is 119 cm³/mol. The normalized spacial score (nSPS) is 14.7. The van der Waals surface area contributed by atoms with Crippen molar-refractivity contribution in [2.75, 3.05) is 11.9 Å². The summed E-state index contributed by atoms with van der Waals surface area (Å²) in [5, 5.41) is 6.11. The van der Waals surface area contributed by atoms with Crippen LogP contribution in [-0.4, -0.2) is 7.05 Å². The van der Waals surface area contributed by atoms with E-state index >= 15 is 0 Å². The van der Waals surface area contributed by atoms with E-state index in [9.17, 15) is 0 Å². The van der Waals surface area contributed by atoms with Gasteiger partial charge in [-0.1, -0.05) is 23.4 Å². The topological polar surface area (TPSA) is 7.12 Å². The Morgan fingerprint density at radius 2 is 1.93 bits per heavy atom. The van der Waals surface area contributed by atoms with Crippen LogP contribution in [0.3, 0.4) is 0 Å². The third-order valence-electron chi connectivity index (χ3n) is 5.26. The van der Waals surface area contributed by atoms with Crippen molar-refractivity contribution in [1.29, 1.82) is 0 Å². The number of nitrogens with zero attached hydrogens (tertiary/aromatic N) is 2. The van der Waals surface area contributed by atoms with Gasteiger partial charge < -0.3 is 28.9 Å². The largest absolute Gasteiger partial charge is 1.00 e. The van der Waals surface area contributed by atoms with Crippen LogP contribution in [0.1, 0.15) is 18.2 Å². The third kappa shape index (κ3) is 3.13. The molecule has 2 aromatic heterocycles. The molecule has 0 unspecified atom stereocenters. The lowest BCUT2D eigenvalue weighted by Crippen LogP contribution is -3.00. The van der Waals surface area contributed by atoms with Crippen LogP contribution in [0.25, 0.3) is 27.1 Å². The molecule has 0 bridgehead atoms. The fraction of sp³-hybridized carbons (Fsp3) is 0.174. The molecular weight excluding hydrogens is 495 g/mol. The van der Waals surface area contributed by atoms with Crippen LogP contribution in [0.15, 0.2) is 63.8 Å². The molecule has 28 heavy (non-hydrogen) atoms. The first kappa shape index (κ1) is 19.7. The average Bonchev–Trinajstić information content (AvgIpc) is 3.26. The molecule has 0 N–H and O–H groups in total. The van der Waals surface area contributed by atoms with E-state index in [-0.39, 0.29) is 24.0 Å². The van der Waals surface area contributed by atoms with E-state index in [2.05, 4.69) is 90.3 Å². The molecule has 0 atom stereocenters. The van der Waals surface area contributed by atoms with Gasteiger partial charge in [0.25, 0.3) is 0 Å². The van der Waals surface area contributed by atoms with Crippen molar-refractivity contribution in [3.8, 4) is 0 Å². The SMILES string of the molecule is CC[n+]1c(/C=C2\Sc3ccc4sccc4c3N2C)ccc2cc(C)ccc21.[I-]. The lowest BCUT2D eigenvalue weighted by molar-refractivity contribution is -0.669. The molecule has 0 radical (unpaired) electrons. The van der Waals surface area contributed by atoms with Gasteiger partial charge in [-0.2, -0.15) is 4.57 Å². The van der Waals surface area contributed by atoms with Crippen LogP contribution in [-0.2, 0) is 6.54 Å². The zero-order valence-electron chi connectivity index (χ0n) is 16.1. The standard InChI is InChI=1S/C23H21N2S2.HI/c1-4-25-17(7-6-16-13-15(2)5-8-19(16)25)14-22-24(3)23-18-11-12-26-20(18)9-10-21(23)27-22;/h5-14H,4H2,1-3H3;1H/q+1;/p-1. The molecule has 2 aromatic carbocycles. The van der Waals surface area contributed by atoms with Gasteiger partial charge >= 0.3 is 0 Å². The summed E-state index contributed by atoms with van der Waals surface area (Å²) in [6, 6.07) is 17.9. The van der Waals surface area contributed by atoms with Gasteiger partial charge in [0.05, 0.1) is 10.7 Å². The summed E-state index contributed by atoms with van der Waals surface area (Å²) in [6.45, 7) is 5.32. The van der Waals surface area contributed by atoms with Crippen molar-refractivity contribution in [2.45, 2.75) is 25.3 Å². The maximum atomic E-state index is 2.40. The van der Waals surface area contributed by atoms with Crippen LogP contribution in [0.5, 0.6) is 0 Å². The summed E-state index contributed by atoms with van der Waals surface area (Å²) in [6.07, 6.45) is 2.33. The van der Waals surface area contributed by atoms with E-state index in [1.165, 1.54) is 47.9 Å². The Labute approximate surface area is 190 Å². The maximum Gasteiger partial charge on any atom is 0.212 e. The molecular formula is C23H21IN2S2. The van der Waals surface area contributed by atoms with E-state index in [4.69, 9.17) is 0 Å². The fourth-order valence-corrected chi connectivity index (χ4v) is 5.82. The predicted octanol–water partition coefficient (Wildman–Crippen LogP) is 3.21. The van der Waals surface area contributed by atoms with Crippen molar-refractivity contribution in [3.63, 3.8) is 0 Å². The van der Waals surface area contributed by atoms with Crippen LogP contribution in [0, 0.1) is 6.92 Å². The first-order chi connectivity index (χ1) is 13.2. The Morgan fingerprint density at radius 1 is 1.07 bits per heavy atom. The van der Waals surface area contributed by atoms with Gasteiger partial charge in [0.2, 0.25) is 11.2 Å². The monoisotopic (exact) mass is 516 g/mol. The number of rotatable bonds is 2. The van der Waals surface area contributed by atoms with Crippen LogP contribution in [0.4, 0.5) is 5.69 Å². The number of hydrogen-bond acceptors (Lipinski definition) is 3. The highest BCUT2D eigenvalue weighted by molar-refractivity contribution is 8.04. The number of thiophene rings is 1. The zero-order valence-corrected chi connectivity index (χ0v) is 19.9. The number of pyridine rings is 1. The highest BCUT2D eigenvalue weighted by atomic mass is 127. The van der Waals surface area contributed by atoms with E-state index < -0.39 is 0 Å². The Balaban J connectivity index is 0.00000192. The van der Waals surface area contributed by atoms with Crippen LogP contribution < -0.4 is 33.4 Å². The van der Waals surface area contributed by atoms with E-state index in [1.54, 1.807) is 0 Å². The summed E-state index contributed by atoms with van der Waals surface area (Å²) in [5.41, 5.74) is 5.18. The van der Waals surface area contributed by atoms with Crippen LogP contribution in [0.2, 0.25) is 0 Å². The van der Waals surface area contributed by atoms with Crippen molar-refractivity contribution >= 4 is 55.9 Å². The molecule has 1 aliphatic rings. The lowest BCUT2D eigenvalue weighted by atomic mass is 10.1. The van der Waals surface area contributed by atoms with Crippen molar-refractivity contribution < 1.29 is 28.5 Å². The molecule has 4 aromatic rings. The van der Waals surface area contributed by atoms with Gasteiger partial charge in [-0.25, -0.2) is 0 Å². The highest BCUT2D eigenvalue weighted by Crippen LogP contribution is 2.49. The fourth-order valence-electron chi connectivity index (χ4n) is 3.92. The molecule has 0 amide bonds. The first-order valence-electron chi connectivity index (χ1n) is 9.22. The third-order valence-corrected chi connectivity index (χ3v) is 7.29. The number of aromatic nitrogens is 1. The Morgan fingerprint density at radius 3 is 2.75 bits per heavy atom. The van der Waals surface area contributed by atoms with Crippen LogP contribution >= 0.6 is 23.1 Å². The minimum Gasteiger partial charge on any atom is -1.00 e. The minimum absolute atomic E-state index is 0. The second-order valence-corrected chi connectivity index (χ2v) is 8.96. The zero-order chi connectivity index (χ0) is 18.5. The number of hydrogen-bond donors (Lipinski definition) is 0. The molecule has 5 heteroatoms. The van der Waals surface area contributed by atoms with Gasteiger partial charge in [0.1, 0.15) is 6.54 Å². The maximum absolute atomic E-state index is 2.40. The summed E-state index contributed by atoms with van der Waals surface area (Å²) < 4.78 is 3.76. The minimum atomic E-state index is 0. The molecule has 0 saturated heterocycles. The molecule has 2 nitrogen and oxygen atoms in total. The smallest absolute Gasteiger partial charge is 0.212 e. The van der Waals surface area contributed by atoms with Crippen molar-refractivity contribution in [3.05, 3.63) is 70.2 Å². The molecule has 1 aliphatic heterocycles. The second-order valence-electron chi connectivity index (χ2n) is 6.95. The number of anilines is 1. The molecule has 0 saturated carbocycles. The van der Waals surface area contributed by atoms with Gasteiger partial charge in [-0.05, 0) is 49.6 Å². The average molecular weight is 516 g/mol. The number of halogens is 1.